The lowest BCUT2D eigenvalue weighted by atomic mass is 10.1. The average Bonchev–Trinajstić information content (AvgIpc) is 2.84. The van der Waals surface area contributed by atoms with Crippen LogP contribution in [0.1, 0.15) is 17.3 Å². The van der Waals surface area contributed by atoms with Gasteiger partial charge >= 0.3 is 5.97 Å². The molecule has 3 rings (SSSR count). The predicted molar refractivity (Wildman–Crippen MR) is 85.5 cm³/mol. The number of rotatable bonds is 3. The van der Waals surface area contributed by atoms with Gasteiger partial charge in [-0.2, -0.15) is 0 Å². The van der Waals surface area contributed by atoms with Gasteiger partial charge in [0.25, 0.3) is 0 Å². The first kappa shape index (κ1) is 13.8. The van der Waals surface area contributed by atoms with E-state index in [0.29, 0.717) is 0 Å². The quantitative estimate of drug-likeness (QED) is 0.775. The van der Waals surface area contributed by atoms with E-state index in [1.54, 1.807) is 18.2 Å². The van der Waals surface area contributed by atoms with Crippen LogP contribution in [0.3, 0.4) is 0 Å². The number of aromatic nitrogens is 2. The minimum absolute atomic E-state index is 0.267. The minimum Gasteiger partial charge on any atom is -0.478 e. The molecule has 0 aliphatic rings. The highest BCUT2D eigenvalue weighted by Crippen LogP contribution is 2.27. The van der Waals surface area contributed by atoms with Crippen molar-refractivity contribution in [2.24, 2.45) is 0 Å². The zero-order valence-electron chi connectivity index (χ0n) is 11.4. The molecule has 2 aromatic carbocycles. The summed E-state index contributed by atoms with van der Waals surface area (Å²) in [6, 6.07) is 12.8. The number of carboxylic acids is 1. The Balaban J connectivity index is 2.24. The van der Waals surface area contributed by atoms with Crippen LogP contribution in [0.25, 0.3) is 22.4 Å². The molecule has 1 N–H and O–H groups in total. The summed E-state index contributed by atoms with van der Waals surface area (Å²) >= 11 is 3.45. The van der Waals surface area contributed by atoms with Crippen molar-refractivity contribution in [2.75, 3.05) is 0 Å². The van der Waals surface area contributed by atoms with E-state index in [1.807, 2.05) is 31.2 Å². The van der Waals surface area contributed by atoms with Gasteiger partial charge in [0.05, 0.1) is 16.6 Å². The number of halogens is 1. The fourth-order valence-corrected chi connectivity index (χ4v) is 2.78. The first-order valence-corrected chi connectivity index (χ1v) is 7.39. The standard InChI is InChI=1S/C16H13BrN2O2/c1-2-19-14-7-6-12(17)9-13(14)18-15(19)10-4-3-5-11(8-10)16(20)21/h3-9H,2H2,1H3,(H,20,21). The van der Waals surface area contributed by atoms with Gasteiger partial charge in [0.15, 0.2) is 0 Å². The molecule has 21 heavy (non-hydrogen) atoms. The second kappa shape index (κ2) is 5.33. The van der Waals surface area contributed by atoms with Gasteiger partial charge < -0.3 is 9.67 Å². The summed E-state index contributed by atoms with van der Waals surface area (Å²) in [6.45, 7) is 2.82. The molecule has 0 saturated heterocycles. The number of aromatic carboxylic acids is 1. The number of fused-ring (bicyclic) bond motifs is 1. The maximum absolute atomic E-state index is 11.1. The van der Waals surface area contributed by atoms with Gasteiger partial charge in [-0.3, -0.25) is 0 Å². The Hall–Kier alpha value is -2.14. The van der Waals surface area contributed by atoms with Crippen LogP contribution >= 0.6 is 15.9 Å². The van der Waals surface area contributed by atoms with Crippen molar-refractivity contribution >= 4 is 32.9 Å². The molecule has 1 heterocycles. The first-order chi connectivity index (χ1) is 10.1. The van der Waals surface area contributed by atoms with Crippen LogP contribution in [0.5, 0.6) is 0 Å². The highest BCUT2D eigenvalue weighted by atomic mass is 79.9. The smallest absolute Gasteiger partial charge is 0.335 e. The number of carbonyl (C=O) groups is 1. The Morgan fingerprint density at radius 1 is 1.29 bits per heavy atom. The van der Waals surface area contributed by atoms with Crippen molar-refractivity contribution in [1.29, 1.82) is 0 Å². The van der Waals surface area contributed by atoms with E-state index < -0.39 is 5.97 Å². The molecule has 0 atom stereocenters. The van der Waals surface area contributed by atoms with E-state index in [9.17, 15) is 4.79 Å². The van der Waals surface area contributed by atoms with Crippen LogP contribution in [0.4, 0.5) is 0 Å². The van der Waals surface area contributed by atoms with Gasteiger partial charge in [-0.05, 0) is 37.3 Å². The van der Waals surface area contributed by atoms with Crippen molar-refractivity contribution in [3.05, 3.63) is 52.5 Å². The summed E-state index contributed by atoms with van der Waals surface area (Å²) in [5, 5.41) is 9.13. The van der Waals surface area contributed by atoms with Crippen molar-refractivity contribution in [3.8, 4) is 11.4 Å². The zero-order chi connectivity index (χ0) is 15.0. The second-order valence-electron chi connectivity index (χ2n) is 4.70. The molecule has 5 heteroatoms. The van der Waals surface area contributed by atoms with Gasteiger partial charge in [-0.25, -0.2) is 9.78 Å². The minimum atomic E-state index is -0.932. The van der Waals surface area contributed by atoms with Crippen molar-refractivity contribution < 1.29 is 9.90 Å². The van der Waals surface area contributed by atoms with Crippen LogP contribution < -0.4 is 0 Å². The maximum Gasteiger partial charge on any atom is 0.335 e. The van der Waals surface area contributed by atoms with Crippen LogP contribution in [0, 0.1) is 0 Å². The number of benzene rings is 2. The number of carboxylic acid groups (broad SMARTS) is 1. The molecule has 106 valence electrons. The van der Waals surface area contributed by atoms with Crippen molar-refractivity contribution in [2.45, 2.75) is 13.5 Å². The van der Waals surface area contributed by atoms with E-state index in [0.717, 1.165) is 33.4 Å². The summed E-state index contributed by atoms with van der Waals surface area (Å²) in [7, 11) is 0. The summed E-state index contributed by atoms with van der Waals surface area (Å²) in [5.74, 6) is -0.146. The van der Waals surface area contributed by atoms with E-state index in [-0.39, 0.29) is 5.56 Å². The largest absolute Gasteiger partial charge is 0.478 e. The number of hydrogen-bond donors (Lipinski definition) is 1. The zero-order valence-corrected chi connectivity index (χ0v) is 13.0. The Bertz CT molecular complexity index is 839. The molecule has 0 bridgehead atoms. The molecule has 0 radical (unpaired) electrons. The molecular formula is C16H13BrN2O2. The molecule has 0 aliphatic heterocycles. The van der Waals surface area contributed by atoms with E-state index in [2.05, 4.69) is 25.5 Å². The Labute approximate surface area is 130 Å². The molecule has 4 nitrogen and oxygen atoms in total. The van der Waals surface area contributed by atoms with Crippen LogP contribution in [-0.4, -0.2) is 20.6 Å². The van der Waals surface area contributed by atoms with E-state index >= 15 is 0 Å². The van der Waals surface area contributed by atoms with Gasteiger partial charge in [-0.15, -0.1) is 0 Å². The first-order valence-electron chi connectivity index (χ1n) is 6.59. The topological polar surface area (TPSA) is 55.1 Å². The number of aryl methyl sites for hydroxylation is 1. The lowest BCUT2D eigenvalue weighted by molar-refractivity contribution is 0.0697. The average molecular weight is 345 g/mol. The normalized spacial score (nSPS) is 11.0. The fraction of sp³-hybridized carbons (Fsp3) is 0.125. The molecule has 0 unspecified atom stereocenters. The second-order valence-corrected chi connectivity index (χ2v) is 5.61. The van der Waals surface area contributed by atoms with E-state index in [1.165, 1.54) is 0 Å². The molecule has 0 aliphatic carbocycles. The summed E-state index contributed by atoms with van der Waals surface area (Å²) in [4.78, 5) is 15.8. The third-order valence-corrected chi connectivity index (χ3v) is 3.89. The Morgan fingerprint density at radius 2 is 2.10 bits per heavy atom. The molecule has 0 fully saturated rings. The summed E-state index contributed by atoms with van der Waals surface area (Å²) in [5.41, 5.74) is 3.01. The monoisotopic (exact) mass is 344 g/mol. The van der Waals surface area contributed by atoms with Gasteiger partial charge in [0, 0.05) is 16.6 Å². The predicted octanol–water partition coefficient (Wildman–Crippen LogP) is 4.18. The molecule has 0 spiro atoms. The van der Waals surface area contributed by atoms with Crippen LogP contribution in [0.15, 0.2) is 46.9 Å². The Kier molecular flexibility index (Phi) is 3.51. The summed E-state index contributed by atoms with van der Waals surface area (Å²) in [6.07, 6.45) is 0. The van der Waals surface area contributed by atoms with Crippen molar-refractivity contribution in [1.82, 2.24) is 9.55 Å². The number of imidazole rings is 1. The molecular weight excluding hydrogens is 332 g/mol. The molecule has 0 saturated carbocycles. The highest BCUT2D eigenvalue weighted by molar-refractivity contribution is 9.10. The third kappa shape index (κ3) is 2.45. The maximum atomic E-state index is 11.1. The number of nitrogens with zero attached hydrogens (tertiary/aromatic N) is 2. The lowest BCUT2D eigenvalue weighted by Crippen LogP contribution is -2.00. The third-order valence-electron chi connectivity index (χ3n) is 3.39. The van der Waals surface area contributed by atoms with Gasteiger partial charge in [0.2, 0.25) is 0 Å². The lowest BCUT2D eigenvalue weighted by Gasteiger charge is -2.06. The fourth-order valence-electron chi connectivity index (χ4n) is 2.43. The van der Waals surface area contributed by atoms with Crippen LogP contribution in [-0.2, 0) is 6.54 Å². The van der Waals surface area contributed by atoms with E-state index in [4.69, 9.17) is 5.11 Å². The SMILES string of the molecule is CCn1c(-c2cccc(C(=O)O)c2)nc2cc(Br)ccc21. The molecule has 3 aromatic rings. The van der Waals surface area contributed by atoms with Gasteiger partial charge in [-0.1, -0.05) is 28.1 Å². The molecule has 0 amide bonds. The highest BCUT2D eigenvalue weighted by Gasteiger charge is 2.13. The molecule has 1 aromatic heterocycles. The Morgan fingerprint density at radius 3 is 2.81 bits per heavy atom. The number of hydrogen-bond acceptors (Lipinski definition) is 2. The van der Waals surface area contributed by atoms with Crippen LogP contribution in [0.2, 0.25) is 0 Å². The van der Waals surface area contributed by atoms with Crippen molar-refractivity contribution in [3.63, 3.8) is 0 Å². The van der Waals surface area contributed by atoms with Gasteiger partial charge in [0.1, 0.15) is 5.82 Å². The summed E-state index contributed by atoms with van der Waals surface area (Å²) < 4.78 is 3.06.